The van der Waals surface area contributed by atoms with Crippen molar-refractivity contribution in [2.75, 3.05) is 108 Å². The van der Waals surface area contributed by atoms with Crippen LogP contribution >= 0.6 is 68.8 Å². The molecule has 0 unspecified atom stereocenters. The number of nitrogens with one attached hydrogen (secondary N) is 1. The molecule has 9 aromatic carbocycles. The van der Waals surface area contributed by atoms with Crippen LogP contribution in [0.2, 0.25) is 15.1 Å². The molecule has 35 heteroatoms. The fourth-order valence-corrected chi connectivity index (χ4v) is 21.4. The smallest absolute Gasteiger partial charge is 0.339 e. The Kier molecular flexibility index (Phi) is 29.0. The lowest BCUT2D eigenvalue weighted by atomic mass is 9.91. The number of aromatic nitrogens is 9. The molecule has 0 spiro atoms. The maximum Gasteiger partial charge on any atom is 0.339 e. The first-order valence-electron chi connectivity index (χ1n) is 45.5. The molecule has 3 aliphatic rings. The molecule has 138 heavy (non-hydrogen) atoms. The average molecular weight is 1980 g/mol. The van der Waals surface area contributed by atoms with Gasteiger partial charge in [-0.25, -0.2) is 43.7 Å². The number of carboxylic acids is 1. The quantitative estimate of drug-likeness (QED) is 0.0476. The van der Waals surface area contributed by atoms with E-state index in [2.05, 4.69) is 16.5 Å². The van der Waals surface area contributed by atoms with E-state index in [9.17, 15) is 33.9 Å². The molecule has 0 radical (unpaired) electrons. The number of carboxylic acid groups (broad SMARTS) is 1. The van der Waals surface area contributed by atoms with Crippen molar-refractivity contribution in [3.63, 3.8) is 0 Å². The predicted octanol–water partition coefficient (Wildman–Crippen LogP) is 22.5. The third kappa shape index (κ3) is 20.6. The van der Waals surface area contributed by atoms with Crippen LogP contribution in [0.15, 0.2) is 146 Å². The SMILES string of the molecule is CCOC(=O)[C@@H](OC(C)(C)C)c1c(C)cc2nc(-c3ccc4c(c3)c(N3CCN(CCOC)C3=O)nn4C)sc2c1-c1ccc(Cl)cc1.CCOC(=O)[C@@H](OC(C)(C)C)c1c(C)cc2nc(-c3ccc4c(c3)c(N3CCNC3=O)nn4C)sc2c1-c1ccc(Cl)cc1.COCCN1CCN(c2nn(C)c3ccc(-c4nc5cc(C)c([C@H](OC(C)(C)C)C(=O)O)c(-c6ccc(Cl)cc6)c5s4)cc23)C1=O. The van der Waals surface area contributed by atoms with Crippen LogP contribution in [-0.2, 0) is 68.7 Å². The van der Waals surface area contributed by atoms with Crippen LogP contribution in [0, 0.1) is 20.8 Å². The van der Waals surface area contributed by atoms with E-state index in [1.807, 2.05) is 232 Å². The third-order valence-corrected chi connectivity index (χ3v) is 28.0. The number of halogens is 3. The Hall–Kier alpha value is -12.1. The first-order chi connectivity index (χ1) is 65.7. The number of fused-ring (bicyclic) bond motifs is 6. The molecule has 6 amide bonds. The number of thiazole rings is 3. The molecular weight excluding hydrogens is 1870 g/mol. The van der Waals surface area contributed by atoms with E-state index in [-0.39, 0.29) is 31.3 Å². The van der Waals surface area contributed by atoms with Crippen molar-refractivity contribution >= 4 is 186 Å². The average Bonchev–Trinajstić information content (AvgIpc) is 1.57. The first kappa shape index (κ1) is 99.0. The van der Waals surface area contributed by atoms with Gasteiger partial charge in [-0.3, -0.25) is 28.7 Å². The van der Waals surface area contributed by atoms with Gasteiger partial charge < -0.3 is 53.4 Å². The van der Waals surface area contributed by atoms with E-state index in [1.165, 1.54) is 11.3 Å². The van der Waals surface area contributed by atoms with Gasteiger partial charge in [0, 0.05) is 169 Å². The van der Waals surface area contributed by atoms with Crippen molar-refractivity contribution in [3.05, 3.63) is 194 Å². The van der Waals surface area contributed by atoms with Crippen molar-refractivity contribution in [1.29, 1.82) is 0 Å². The van der Waals surface area contributed by atoms with Gasteiger partial charge in [0.25, 0.3) is 0 Å². The maximum absolute atomic E-state index is 13.5. The van der Waals surface area contributed by atoms with Gasteiger partial charge in [-0.05, 0) is 240 Å². The molecule has 18 rings (SSSR count). The van der Waals surface area contributed by atoms with Crippen molar-refractivity contribution < 1.29 is 67.0 Å². The minimum absolute atomic E-state index is 0.0818. The largest absolute Gasteiger partial charge is 0.479 e. The highest BCUT2D eigenvalue weighted by Gasteiger charge is 2.41. The minimum Gasteiger partial charge on any atom is -0.479 e. The van der Waals surface area contributed by atoms with Gasteiger partial charge >= 0.3 is 36.0 Å². The number of carbonyl (C=O) groups is 6. The number of nitrogens with zero attached hydrogens (tertiary/aromatic N) is 14. The standard InChI is InChI=1S/C36H40ClN5O5S.C34H36ClN5O5S.C33H34ClN5O4S/c1-8-46-34(43)30(47-36(3,4)5)28-21(2)19-26-31(29(28)22-9-12-24(37)13-10-22)48-33(38-26)23-11-14-27-25(20-23)32(39-40(27)6)42-16-15-41(35(42)44)17-18-45-7;1-19-17-24-29(27(20-7-10-22(35)11-8-20)26(19)28(32(41)42)45-34(2,3)4)46-31(36-24)21-9-12-25-23(18-21)30(37-38(25)5)40-14-13-39(33(40)43)15-16-44-6;1-7-42-31(40)27(43-33(3,4)5)25-18(2)16-23-28(26(25)19-8-11-21(34)12-9-19)44-30(36-23)20-10-13-24-22(17-20)29(37-38(24)6)39-15-14-35-32(39)41/h9-14,19-20,30H,8,15-18H2,1-7H3;7-12,17-18,28H,13-16H2,1-6H3,(H,41,42);8-13,16-17,27H,7,14-15H2,1-6H3,(H,35,41)/t30-;28-;27-/m000/s1. The zero-order valence-corrected chi connectivity index (χ0v) is 85.2. The van der Waals surface area contributed by atoms with Gasteiger partial charge in [0.1, 0.15) is 15.0 Å². The summed E-state index contributed by atoms with van der Waals surface area (Å²) in [6.07, 6.45) is -3.10. The van der Waals surface area contributed by atoms with Crippen LogP contribution in [-0.4, -0.2) is 205 Å². The number of urea groups is 3. The summed E-state index contributed by atoms with van der Waals surface area (Å²) < 4.78 is 48.5. The van der Waals surface area contributed by atoms with Crippen LogP contribution in [0.4, 0.5) is 31.8 Å². The van der Waals surface area contributed by atoms with E-state index < -0.39 is 53.0 Å². The van der Waals surface area contributed by atoms with Gasteiger partial charge in [-0.1, -0.05) is 71.2 Å². The van der Waals surface area contributed by atoms with Crippen LogP contribution in [0.5, 0.6) is 0 Å². The number of esters is 2. The van der Waals surface area contributed by atoms with Crippen molar-refractivity contribution in [2.24, 2.45) is 21.1 Å². The number of aliphatic carboxylic acids is 1. The highest BCUT2D eigenvalue weighted by molar-refractivity contribution is 7.23. The lowest BCUT2D eigenvalue weighted by Gasteiger charge is -2.29. The van der Waals surface area contributed by atoms with Gasteiger partial charge in [-0.2, -0.15) is 15.3 Å². The highest BCUT2D eigenvalue weighted by Crippen LogP contribution is 2.51. The van der Waals surface area contributed by atoms with Crippen molar-refractivity contribution in [3.8, 4) is 65.1 Å². The molecule has 2 N–H and O–H groups in total. The molecule has 0 saturated carbocycles. The summed E-state index contributed by atoms with van der Waals surface area (Å²) >= 11 is 23.4. The number of carbonyl (C=O) groups excluding carboxylic acids is 5. The Balaban J connectivity index is 0.000000150. The summed E-state index contributed by atoms with van der Waals surface area (Å²) in [5, 5.41) is 34.1. The molecule has 0 bridgehead atoms. The molecule has 3 aliphatic heterocycles. The molecular formula is C103H110Cl3N15O14S3. The topological polar surface area (TPSA) is 308 Å². The van der Waals surface area contributed by atoms with E-state index in [4.69, 9.17) is 93.1 Å². The summed E-state index contributed by atoms with van der Waals surface area (Å²) in [7, 11) is 8.88. The number of hydrogen-bond acceptors (Lipinski definition) is 22. The molecule has 3 saturated heterocycles. The zero-order chi connectivity index (χ0) is 98.6. The number of benzene rings is 9. The van der Waals surface area contributed by atoms with Gasteiger partial charge in [-0.15, -0.1) is 34.0 Å². The first-order valence-corrected chi connectivity index (χ1v) is 49.1. The second kappa shape index (κ2) is 40.4. The van der Waals surface area contributed by atoms with Crippen LogP contribution < -0.4 is 20.0 Å². The van der Waals surface area contributed by atoms with Gasteiger partial charge in [0.05, 0.1) is 90.4 Å². The number of aryl methyl sites for hydroxylation is 6. The lowest BCUT2D eigenvalue weighted by Crippen LogP contribution is -2.34. The third-order valence-electron chi connectivity index (χ3n) is 23.8. The maximum atomic E-state index is 13.5. The number of anilines is 3. The van der Waals surface area contributed by atoms with Crippen molar-refractivity contribution in [1.82, 2.24) is 59.4 Å². The fourth-order valence-electron chi connectivity index (χ4n) is 17.7. The molecule has 3 fully saturated rings. The summed E-state index contributed by atoms with van der Waals surface area (Å²) in [5.41, 5.74) is 15.5. The second-order valence-electron chi connectivity index (χ2n) is 37.0. The van der Waals surface area contributed by atoms with Crippen LogP contribution in [0.25, 0.3) is 128 Å². The number of amides is 6. The molecule has 0 aliphatic carbocycles. The number of hydrogen-bond donors (Lipinski definition) is 2. The van der Waals surface area contributed by atoms with E-state index >= 15 is 0 Å². The molecule has 9 heterocycles. The Morgan fingerprint density at radius 3 is 1.02 bits per heavy atom. The van der Waals surface area contributed by atoms with Crippen LogP contribution in [0.1, 0.15) is 128 Å². The van der Waals surface area contributed by atoms with Gasteiger partial charge in [0.15, 0.2) is 35.8 Å². The minimum atomic E-state index is -1.20. The van der Waals surface area contributed by atoms with Crippen molar-refractivity contribution in [2.45, 2.75) is 132 Å². The highest BCUT2D eigenvalue weighted by atomic mass is 35.5. The number of rotatable bonds is 26. The number of methoxy groups -OCH3 is 2. The summed E-state index contributed by atoms with van der Waals surface area (Å²) in [6.45, 7) is 32.4. The molecule has 29 nitrogen and oxygen atoms in total. The van der Waals surface area contributed by atoms with Crippen LogP contribution in [0.3, 0.4) is 0 Å². The summed E-state index contributed by atoms with van der Waals surface area (Å²) in [4.78, 5) is 103. The predicted molar refractivity (Wildman–Crippen MR) is 548 cm³/mol. The number of ether oxygens (including phenoxy) is 7. The van der Waals surface area contributed by atoms with E-state index in [0.717, 1.165) is 156 Å². The van der Waals surface area contributed by atoms with E-state index in [0.29, 0.717) is 104 Å². The van der Waals surface area contributed by atoms with E-state index in [1.54, 1.807) is 101 Å². The summed E-state index contributed by atoms with van der Waals surface area (Å²) in [6, 6.07) is 46.4. The Morgan fingerprint density at radius 1 is 0.428 bits per heavy atom. The Morgan fingerprint density at radius 2 is 0.732 bits per heavy atom. The Labute approximate surface area is 826 Å². The fraction of sp³-hybridized carbons (Fsp3) is 0.359. The molecule has 720 valence electrons. The molecule has 6 aromatic heterocycles. The monoisotopic (exact) mass is 1980 g/mol. The lowest BCUT2D eigenvalue weighted by molar-refractivity contribution is -0.167. The van der Waals surface area contributed by atoms with Gasteiger partial charge in [0.2, 0.25) is 0 Å². The normalized spacial score (nSPS) is 14.5. The summed E-state index contributed by atoms with van der Waals surface area (Å²) in [5.74, 6) is -0.0980. The zero-order valence-electron chi connectivity index (χ0n) is 80.4. The molecule has 15 aromatic rings. The Bertz CT molecular complexity index is 7210. The molecule has 3 atom stereocenters. The second-order valence-corrected chi connectivity index (χ2v) is 41.3.